The Morgan fingerprint density at radius 1 is 1.56 bits per heavy atom. The first-order valence-corrected chi connectivity index (χ1v) is 6.03. The summed E-state index contributed by atoms with van der Waals surface area (Å²) in [5, 5.41) is 7.09. The van der Waals surface area contributed by atoms with Crippen LogP contribution in [0.4, 0.5) is 0 Å². The summed E-state index contributed by atoms with van der Waals surface area (Å²) in [6, 6.07) is 0. The predicted molar refractivity (Wildman–Crippen MR) is 61.4 cm³/mol. The van der Waals surface area contributed by atoms with Crippen LogP contribution in [0.1, 0.15) is 31.0 Å². The van der Waals surface area contributed by atoms with E-state index in [4.69, 9.17) is 4.52 Å². The molecule has 0 aliphatic carbocycles. The molecule has 2 rings (SSSR count). The van der Waals surface area contributed by atoms with Crippen LogP contribution in [0.5, 0.6) is 0 Å². The monoisotopic (exact) mass is 224 g/mol. The van der Waals surface area contributed by atoms with Crippen LogP contribution in [0, 0.1) is 0 Å². The molecule has 2 heterocycles. The lowest BCUT2D eigenvalue weighted by Crippen LogP contribution is -2.19. The first-order chi connectivity index (χ1) is 7.83. The molecule has 1 fully saturated rings. The first kappa shape index (κ1) is 11.5. The number of likely N-dealkylation sites (tertiary alicyclic amines) is 1. The van der Waals surface area contributed by atoms with Crippen molar-refractivity contribution < 1.29 is 4.52 Å². The fraction of sp³-hybridized carbons (Fsp3) is 0.818. The third-order valence-corrected chi connectivity index (χ3v) is 3.15. The second kappa shape index (κ2) is 5.41. The number of nitrogens with zero attached hydrogens (tertiary/aromatic N) is 3. The van der Waals surface area contributed by atoms with E-state index in [1.807, 2.05) is 7.05 Å². The van der Waals surface area contributed by atoms with Crippen LogP contribution in [0.15, 0.2) is 4.52 Å². The molecule has 5 heteroatoms. The zero-order chi connectivity index (χ0) is 11.4. The maximum Gasteiger partial charge on any atom is 0.231 e. The van der Waals surface area contributed by atoms with Crippen molar-refractivity contribution in [3.63, 3.8) is 0 Å². The van der Waals surface area contributed by atoms with E-state index in [1.165, 1.54) is 0 Å². The van der Waals surface area contributed by atoms with Crippen molar-refractivity contribution in [2.75, 3.05) is 33.2 Å². The van der Waals surface area contributed by atoms with Crippen LogP contribution in [0.25, 0.3) is 0 Å². The van der Waals surface area contributed by atoms with E-state index in [1.54, 1.807) is 0 Å². The molecule has 0 bridgehead atoms. The van der Waals surface area contributed by atoms with Gasteiger partial charge in [-0.1, -0.05) is 12.1 Å². The number of likely N-dealkylation sites (N-methyl/N-ethyl adjacent to an activating group) is 2. The van der Waals surface area contributed by atoms with Gasteiger partial charge in [-0.05, 0) is 26.6 Å². The quantitative estimate of drug-likeness (QED) is 0.795. The van der Waals surface area contributed by atoms with Gasteiger partial charge in [-0.25, -0.2) is 0 Å². The zero-order valence-electron chi connectivity index (χ0n) is 10.1. The highest BCUT2D eigenvalue weighted by Crippen LogP contribution is 2.25. The lowest BCUT2D eigenvalue weighted by molar-refractivity contribution is 0.324. The fourth-order valence-electron chi connectivity index (χ4n) is 2.09. The highest BCUT2D eigenvalue weighted by molar-refractivity contribution is 4.99. The molecule has 1 N–H and O–H groups in total. The van der Waals surface area contributed by atoms with E-state index in [-0.39, 0.29) is 0 Å². The highest BCUT2D eigenvalue weighted by Gasteiger charge is 2.27. The molecule has 1 aliphatic heterocycles. The number of hydrogen-bond donors (Lipinski definition) is 1. The molecular formula is C11H20N4O. The van der Waals surface area contributed by atoms with Crippen LogP contribution < -0.4 is 5.32 Å². The second-order valence-electron chi connectivity index (χ2n) is 4.28. The smallest absolute Gasteiger partial charge is 0.231 e. The van der Waals surface area contributed by atoms with Crippen molar-refractivity contribution in [2.24, 2.45) is 0 Å². The molecular weight excluding hydrogens is 204 g/mol. The van der Waals surface area contributed by atoms with Crippen LogP contribution in [-0.2, 0) is 6.42 Å². The van der Waals surface area contributed by atoms with Crippen molar-refractivity contribution in [3.8, 4) is 0 Å². The van der Waals surface area contributed by atoms with Crippen molar-refractivity contribution in [3.05, 3.63) is 11.7 Å². The third kappa shape index (κ3) is 2.59. The van der Waals surface area contributed by atoms with E-state index in [2.05, 4.69) is 27.3 Å². The van der Waals surface area contributed by atoms with Crippen molar-refractivity contribution >= 4 is 0 Å². The Bertz CT molecular complexity index is 326. The standard InChI is InChI=1S/C11H20N4O/c1-3-15-7-5-9(8-15)11-13-10(14-16-11)4-6-12-2/h9,12H,3-8H2,1-2H3. The number of hydrogen-bond acceptors (Lipinski definition) is 5. The largest absolute Gasteiger partial charge is 0.339 e. The molecule has 16 heavy (non-hydrogen) atoms. The fourth-order valence-corrected chi connectivity index (χ4v) is 2.09. The van der Waals surface area contributed by atoms with Gasteiger partial charge >= 0.3 is 0 Å². The number of nitrogens with one attached hydrogen (secondary N) is 1. The molecule has 0 spiro atoms. The first-order valence-electron chi connectivity index (χ1n) is 6.03. The minimum atomic E-state index is 0.441. The average molecular weight is 224 g/mol. The van der Waals surface area contributed by atoms with E-state index in [0.717, 1.165) is 50.7 Å². The summed E-state index contributed by atoms with van der Waals surface area (Å²) in [6.07, 6.45) is 1.98. The van der Waals surface area contributed by atoms with Crippen LogP contribution in [0.3, 0.4) is 0 Å². The molecule has 1 aliphatic rings. The highest BCUT2D eigenvalue weighted by atomic mass is 16.5. The maximum atomic E-state index is 5.32. The topological polar surface area (TPSA) is 54.2 Å². The lowest BCUT2D eigenvalue weighted by Gasteiger charge is -2.10. The molecule has 1 aromatic heterocycles. The molecule has 1 atom stereocenters. The Kier molecular flexibility index (Phi) is 3.90. The molecule has 1 aromatic rings. The van der Waals surface area contributed by atoms with Gasteiger partial charge in [-0.3, -0.25) is 0 Å². The van der Waals surface area contributed by atoms with Gasteiger partial charge in [0.25, 0.3) is 0 Å². The van der Waals surface area contributed by atoms with Crippen molar-refractivity contribution in [1.82, 2.24) is 20.4 Å². The summed E-state index contributed by atoms with van der Waals surface area (Å²) in [5.74, 6) is 2.08. The van der Waals surface area contributed by atoms with E-state index in [0.29, 0.717) is 5.92 Å². The SMILES string of the molecule is CCN1CCC(c2nc(CCNC)no2)C1. The molecule has 1 saturated heterocycles. The lowest BCUT2D eigenvalue weighted by atomic mass is 10.1. The van der Waals surface area contributed by atoms with Gasteiger partial charge in [-0.2, -0.15) is 4.98 Å². The van der Waals surface area contributed by atoms with Gasteiger partial charge in [0, 0.05) is 19.5 Å². The van der Waals surface area contributed by atoms with Gasteiger partial charge in [0.05, 0.1) is 5.92 Å². The minimum absolute atomic E-state index is 0.441. The minimum Gasteiger partial charge on any atom is -0.339 e. The summed E-state index contributed by atoms with van der Waals surface area (Å²) >= 11 is 0. The van der Waals surface area contributed by atoms with Gasteiger partial charge in [0.15, 0.2) is 5.82 Å². The Hall–Kier alpha value is -0.940. The van der Waals surface area contributed by atoms with Gasteiger partial charge in [-0.15, -0.1) is 0 Å². The van der Waals surface area contributed by atoms with Gasteiger partial charge in [0.1, 0.15) is 0 Å². The summed E-state index contributed by atoms with van der Waals surface area (Å²) in [6.45, 7) is 6.40. The number of aromatic nitrogens is 2. The van der Waals surface area contributed by atoms with E-state index >= 15 is 0 Å². The molecule has 90 valence electrons. The predicted octanol–water partition coefficient (Wildman–Crippen LogP) is 0.641. The van der Waals surface area contributed by atoms with E-state index in [9.17, 15) is 0 Å². The van der Waals surface area contributed by atoms with E-state index < -0.39 is 0 Å². The molecule has 0 amide bonds. The van der Waals surface area contributed by atoms with Crippen molar-refractivity contribution in [2.45, 2.75) is 25.7 Å². The Balaban J connectivity index is 1.92. The third-order valence-electron chi connectivity index (χ3n) is 3.15. The molecule has 0 aromatic carbocycles. The Labute approximate surface area is 96.2 Å². The van der Waals surface area contributed by atoms with Crippen LogP contribution >= 0.6 is 0 Å². The molecule has 0 radical (unpaired) electrons. The average Bonchev–Trinajstić information content (AvgIpc) is 2.94. The van der Waals surface area contributed by atoms with Crippen molar-refractivity contribution in [1.29, 1.82) is 0 Å². The van der Waals surface area contributed by atoms with Crippen LogP contribution in [-0.4, -0.2) is 48.3 Å². The second-order valence-corrected chi connectivity index (χ2v) is 4.28. The van der Waals surface area contributed by atoms with Crippen LogP contribution in [0.2, 0.25) is 0 Å². The molecule has 1 unspecified atom stereocenters. The summed E-state index contributed by atoms with van der Waals surface area (Å²) in [7, 11) is 1.93. The van der Waals surface area contributed by atoms with Gasteiger partial charge in [0.2, 0.25) is 5.89 Å². The molecule has 5 nitrogen and oxygen atoms in total. The summed E-state index contributed by atoms with van der Waals surface area (Å²) < 4.78 is 5.32. The van der Waals surface area contributed by atoms with Gasteiger partial charge < -0.3 is 14.7 Å². The summed E-state index contributed by atoms with van der Waals surface area (Å²) in [5.41, 5.74) is 0. The maximum absolute atomic E-state index is 5.32. The summed E-state index contributed by atoms with van der Waals surface area (Å²) in [4.78, 5) is 6.87. The Morgan fingerprint density at radius 2 is 2.44 bits per heavy atom. The molecule has 0 saturated carbocycles. The normalized spacial score (nSPS) is 21.8. The Morgan fingerprint density at radius 3 is 3.12 bits per heavy atom. The number of rotatable bonds is 5. The zero-order valence-corrected chi connectivity index (χ0v) is 10.1.